The van der Waals surface area contributed by atoms with Gasteiger partial charge in [-0.1, -0.05) is 152 Å². The van der Waals surface area contributed by atoms with Gasteiger partial charge in [-0.3, -0.25) is 0 Å². The normalized spacial score (nSPS) is 14.1. The van der Waals surface area contributed by atoms with Crippen LogP contribution in [0.2, 0.25) is 0 Å². The molecule has 12 rings (SSSR count). The lowest BCUT2D eigenvalue weighted by Crippen LogP contribution is -2.54. The molecule has 0 aliphatic carbocycles. The summed E-state index contributed by atoms with van der Waals surface area (Å²) in [6, 6.07) is 77.1. The molecule has 0 bridgehead atoms. The number of rotatable bonds is 5. The quantitative estimate of drug-likeness (QED) is 0.175. The van der Waals surface area contributed by atoms with Gasteiger partial charge in [0, 0.05) is 32.8 Å². The summed E-state index contributed by atoms with van der Waals surface area (Å²) in [6.45, 7) is 0. The molecular formula is C54H37N4+. The molecule has 272 valence electrons. The molecule has 1 atom stereocenters. The van der Waals surface area contributed by atoms with Crippen molar-refractivity contribution in [2.45, 2.75) is 6.17 Å². The second-order valence-electron chi connectivity index (χ2n) is 15.3. The number of fused-ring (bicyclic) bond motifs is 7. The van der Waals surface area contributed by atoms with Crippen LogP contribution < -0.4 is 5.32 Å². The predicted octanol–water partition coefficient (Wildman–Crippen LogP) is 13.2. The second-order valence-corrected chi connectivity index (χ2v) is 15.3. The Hall–Kier alpha value is -7.69. The first-order valence-electron chi connectivity index (χ1n) is 20.0. The van der Waals surface area contributed by atoms with Crippen molar-refractivity contribution in [3.05, 3.63) is 218 Å². The molecule has 2 aromatic heterocycles. The molecule has 0 saturated carbocycles. The highest BCUT2D eigenvalue weighted by molar-refractivity contribution is 6.17. The highest BCUT2D eigenvalue weighted by atomic mass is 15.4. The van der Waals surface area contributed by atoms with Crippen LogP contribution in [0.1, 0.15) is 11.7 Å². The Morgan fingerprint density at radius 1 is 0.362 bits per heavy atom. The van der Waals surface area contributed by atoms with Gasteiger partial charge in [0.25, 0.3) is 0 Å². The molecule has 1 aliphatic rings. The number of aromatic nitrogens is 2. The lowest BCUT2D eigenvalue weighted by molar-refractivity contribution is -0.534. The molecule has 1 aliphatic heterocycles. The third kappa shape index (κ3) is 5.05. The summed E-state index contributed by atoms with van der Waals surface area (Å²) in [7, 11) is 0. The topological polar surface area (TPSA) is 24.9 Å². The Bertz CT molecular complexity index is 3370. The van der Waals surface area contributed by atoms with E-state index in [0.717, 1.165) is 17.3 Å². The van der Waals surface area contributed by atoms with E-state index in [4.69, 9.17) is 0 Å². The van der Waals surface area contributed by atoms with Crippen molar-refractivity contribution < 1.29 is 4.58 Å². The third-order valence-electron chi connectivity index (χ3n) is 12.0. The van der Waals surface area contributed by atoms with Crippen molar-refractivity contribution in [2.24, 2.45) is 0 Å². The summed E-state index contributed by atoms with van der Waals surface area (Å²) >= 11 is 0. The monoisotopic (exact) mass is 741 g/mol. The number of hydrogen-bond donors (Lipinski definition) is 1. The molecule has 1 N–H and O–H groups in total. The first-order chi connectivity index (χ1) is 28.8. The van der Waals surface area contributed by atoms with E-state index in [1.165, 1.54) is 82.2 Å². The molecule has 3 heterocycles. The van der Waals surface area contributed by atoms with Gasteiger partial charge in [0.15, 0.2) is 0 Å². The summed E-state index contributed by atoms with van der Waals surface area (Å²) in [5, 5.41) is 11.4. The van der Waals surface area contributed by atoms with Crippen LogP contribution in [0.4, 0.5) is 5.69 Å². The summed E-state index contributed by atoms with van der Waals surface area (Å²) in [5.41, 5.74) is 13.1. The largest absolute Gasteiger partial charge is 0.369 e. The van der Waals surface area contributed by atoms with Gasteiger partial charge in [-0.05, 0) is 93.7 Å². The maximum absolute atomic E-state index is 3.98. The molecule has 1 unspecified atom stereocenters. The van der Waals surface area contributed by atoms with Gasteiger partial charge >= 0.3 is 5.96 Å². The van der Waals surface area contributed by atoms with Crippen molar-refractivity contribution in [1.29, 1.82) is 0 Å². The van der Waals surface area contributed by atoms with E-state index >= 15 is 0 Å². The van der Waals surface area contributed by atoms with Gasteiger partial charge in [0.05, 0.1) is 11.0 Å². The van der Waals surface area contributed by atoms with Gasteiger partial charge in [0.1, 0.15) is 16.7 Å². The van der Waals surface area contributed by atoms with Crippen molar-refractivity contribution in [1.82, 2.24) is 14.5 Å². The summed E-state index contributed by atoms with van der Waals surface area (Å²) in [5.74, 6) is 1.03. The van der Waals surface area contributed by atoms with Crippen molar-refractivity contribution in [2.75, 3.05) is 0 Å². The Labute approximate surface area is 335 Å². The maximum Gasteiger partial charge on any atom is 0.369 e. The summed E-state index contributed by atoms with van der Waals surface area (Å²) in [6.07, 6.45) is -0.0740. The van der Waals surface area contributed by atoms with Crippen LogP contribution >= 0.6 is 0 Å². The number of hydrogen-bond acceptors (Lipinski definition) is 1. The highest BCUT2D eigenvalue weighted by Crippen LogP contribution is 2.39. The van der Waals surface area contributed by atoms with Crippen LogP contribution in [0.25, 0.3) is 82.3 Å². The molecule has 0 saturated heterocycles. The van der Waals surface area contributed by atoms with E-state index in [1.807, 2.05) is 0 Å². The lowest BCUT2D eigenvalue weighted by atomic mass is 10.00. The van der Waals surface area contributed by atoms with Gasteiger partial charge in [-0.15, -0.1) is 0 Å². The van der Waals surface area contributed by atoms with Gasteiger partial charge in [0.2, 0.25) is 6.17 Å². The van der Waals surface area contributed by atoms with Crippen LogP contribution in [-0.2, 0) is 0 Å². The third-order valence-corrected chi connectivity index (χ3v) is 12.0. The van der Waals surface area contributed by atoms with Crippen molar-refractivity contribution in [3.8, 4) is 27.9 Å². The Morgan fingerprint density at radius 3 is 1.59 bits per heavy atom. The molecule has 9 aromatic carbocycles. The second kappa shape index (κ2) is 12.9. The van der Waals surface area contributed by atoms with E-state index in [9.17, 15) is 0 Å². The molecule has 11 aromatic rings. The molecule has 58 heavy (non-hydrogen) atoms. The Kier molecular flexibility index (Phi) is 7.26. The average Bonchev–Trinajstić information content (AvgIpc) is 3.78. The van der Waals surface area contributed by atoms with Crippen LogP contribution in [-0.4, -0.2) is 19.7 Å². The SMILES string of the molecule is c1ccc(-c2cccc(C3NC(n4c5ccccc5c5cc6cc(-n7c8ccccc8c8ccccc87)ccc6cc54)=[N+]3c3cccc(-c4ccccc4)c3)c2)cc1. The van der Waals surface area contributed by atoms with Crippen molar-refractivity contribution in [3.63, 3.8) is 0 Å². The van der Waals surface area contributed by atoms with E-state index < -0.39 is 0 Å². The Balaban J connectivity index is 1.07. The zero-order valence-corrected chi connectivity index (χ0v) is 31.6. The first-order valence-corrected chi connectivity index (χ1v) is 20.0. The van der Waals surface area contributed by atoms with Crippen LogP contribution in [0.15, 0.2) is 212 Å². The van der Waals surface area contributed by atoms with Gasteiger partial charge in [-0.25, -0.2) is 5.32 Å². The zero-order valence-electron chi connectivity index (χ0n) is 31.6. The van der Waals surface area contributed by atoms with Crippen LogP contribution in [0, 0.1) is 0 Å². The van der Waals surface area contributed by atoms with Gasteiger partial charge in [-0.2, -0.15) is 9.14 Å². The summed E-state index contributed by atoms with van der Waals surface area (Å²) < 4.78 is 7.30. The number of nitrogens with one attached hydrogen (secondary N) is 1. The van der Waals surface area contributed by atoms with Crippen molar-refractivity contribution >= 4 is 66.0 Å². The predicted molar refractivity (Wildman–Crippen MR) is 241 cm³/mol. The minimum atomic E-state index is -0.0740. The fourth-order valence-electron chi connectivity index (χ4n) is 9.24. The average molecular weight is 742 g/mol. The van der Waals surface area contributed by atoms with E-state index in [0.29, 0.717) is 0 Å². The maximum atomic E-state index is 3.98. The van der Waals surface area contributed by atoms with Gasteiger partial charge < -0.3 is 4.57 Å². The molecule has 0 radical (unpaired) electrons. The van der Waals surface area contributed by atoms with Crippen LogP contribution in [0.3, 0.4) is 0 Å². The number of nitrogens with zero attached hydrogens (tertiary/aromatic N) is 3. The van der Waals surface area contributed by atoms with E-state index in [2.05, 4.69) is 231 Å². The molecule has 4 nitrogen and oxygen atoms in total. The molecular weight excluding hydrogens is 705 g/mol. The molecule has 0 spiro atoms. The smallest absolute Gasteiger partial charge is 0.309 e. The fourth-order valence-corrected chi connectivity index (χ4v) is 9.24. The highest BCUT2D eigenvalue weighted by Gasteiger charge is 2.41. The minimum Gasteiger partial charge on any atom is -0.309 e. The van der Waals surface area contributed by atoms with E-state index in [1.54, 1.807) is 0 Å². The number of benzene rings is 9. The number of para-hydroxylation sites is 3. The minimum absolute atomic E-state index is 0.0740. The van der Waals surface area contributed by atoms with E-state index in [-0.39, 0.29) is 6.17 Å². The molecule has 4 heteroatoms. The molecule has 0 fully saturated rings. The zero-order chi connectivity index (χ0) is 38.2. The van der Waals surface area contributed by atoms with Crippen LogP contribution in [0.5, 0.6) is 0 Å². The lowest BCUT2D eigenvalue weighted by Gasteiger charge is -2.31. The molecule has 0 amide bonds. The Morgan fingerprint density at radius 2 is 0.914 bits per heavy atom. The fraction of sp³-hybridized carbons (Fsp3) is 0.0185. The standard InChI is InChI=1S/C54H36N4/c1-3-15-36(16-4-1)38-19-13-21-41(31-38)53-55-54(57(53)43-22-14-20-39(32-43)37-17-5-2-6-18-37)58-51-28-12-9-25-47(51)48-34-42-33-44(30-29-40(42)35-52(48)58)56-49-26-10-7-23-45(49)46-24-8-11-27-50(46)56/h1-35,53H/p+1. The summed E-state index contributed by atoms with van der Waals surface area (Å²) in [4.78, 5) is 0. The first kappa shape index (κ1) is 32.5.